The van der Waals surface area contributed by atoms with Crippen molar-refractivity contribution in [3.05, 3.63) is 77.0 Å². The van der Waals surface area contributed by atoms with Crippen LogP contribution in [0, 0.1) is 0 Å². The Bertz CT molecular complexity index is 1040. The Morgan fingerprint density at radius 1 is 1.12 bits per heavy atom. The lowest BCUT2D eigenvalue weighted by Crippen LogP contribution is -2.47. The average Bonchev–Trinajstić information content (AvgIpc) is 2.80. The number of thiocarbonyl (C=S) groups is 1. The highest BCUT2D eigenvalue weighted by molar-refractivity contribution is 7.80. The molecule has 8 heteroatoms. The maximum Gasteiger partial charge on any atom is 0.338 e. The van der Waals surface area contributed by atoms with Crippen molar-refractivity contribution in [3.8, 4) is 0 Å². The van der Waals surface area contributed by atoms with Crippen LogP contribution in [-0.2, 0) is 25.7 Å². The summed E-state index contributed by atoms with van der Waals surface area (Å²) in [7, 11) is 0. The summed E-state index contributed by atoms with van der Waals surface area (Å²) in [5.74, 6) is -0.651. The predicted molar refractivity (Wildman–Crippen MR) is 131 cm³/mol. The molecule has 1 aliphatic rings. The van der Waals surface area contributed by atoms with E-state index < -0.39 is 12.0 Å². The lowest BCUT2D eigenvalue weighted by atomic mass is 9.94. The van der Waals surface area contributed by atoms with E-state index >= 15 is 0 Å². The van der Waals surface area contributed by atoms with Crippen LogP contribution in [0.25, 0.3) is 0 Å². The molecule has 0 saturated heterocycles. The van der Waals surface area contributed by atoms with Crippen molar-refractivity contribution in [3.63, 3.8) is 0 Å². The number of rotatable bonds is 9. The topological polar surface area (TPSA) is 79.9 Å². The SMILES string of the molecule is CCOC(=O)C1=C(C)N(CC)C(=S)NC1c1cccc(NC(=O)COCc2ccccc2)c1. The Hall–Kier alpha value is -3.23. The summed E-state index contributed by atoms with van der Waals surface area (Å²) >= 11 is 5.52. The third-order valence-electron chi connectivity index (χ3n) is 5.26. The van der Waals surface area contributed by atoms with Gasteiger partial charge in [0.25, 0.3) is 0 Å². The minimum atomic E-state index is -0.481. The maximum atomic E-state index is 12.8. The Morgan fingerprint density at radius 2 is 1.88 bits per heavy atom. The van der Waals surface area contributed by atoms with Gasteiger partial charge in [0.05, 0.1) is 24.8 Å². The van der Waals surface area contributed by atoms with Crippen molar-refractivity contribution in [2.45, 2.75) is 33.4 Å². The maximum absolute atomic E-state index is 12.8. The zero-order valence-corrected chi connectivity index (χ0v) is 19.9. The Kier molecular flexibility index (Phi) is 8.57. The highest BCUT2D eigenvalue weighted by Gasteiger charge is 2.34. The second-order valence-electron chi connectivity index (χ2n) is 7.50. The molecule has 1 unspecified atom stereocenters. The van der Waals surface area contributed by atoms with Gasteiger partial charge in [0.1, 0.15) is 6.61 Å². The molecule has 2 aromatic rings. The van der Waals surface area contributed by atoms with E-state index in [1.54, 1.807) is 13.0 Å². The molecule has 0 aliphatic carbocycles. The first-order chi connectivity index (χ1) is 15.9. The monoisotopic (exact) mass is 467 g/mol. The van der Waals surface area contributed by atoms with Gasteiger partial charge >= 0.3 is 5.97 Å². The fraction of sp³-hybridized carbons (Fsp3) is 0.320. The molecule has 0 fully saturated rings. The van der Waals surface area contributed by atoms with Crippen molar-refractivity contribution in [1.82, 2.24) is 10.2 Å². The second-order valence-corrected chi connectivity index (χ2v) is 7.89. The molecule has 1 amide bonds. The molecule has 3 rings (SSSR count). The average molecular weight is 468 g/mol. The van der Waals surface area contributed by atoms with Gasteiger partial charge in [-0.15, -0.1) is 0 Å². The van der Waals surface area contributed by atoms with Gasteiger partial charge in [-0.1, -0.05) is 42.5 Å². The van der Waals surface area contributed by atoms with Gasteiger partial charge in [0, 0.05) is 17.9 Å². The van der Waals surface area contributed by atoms with Crippen molar-refractivity contribution in [2.75, 3.05) is 25.1 Å². The summed E-state index contributed by atoms with van der Waals surface area (Å²) in [5.41, 5.74) is 3.66. The zero-order chi connectivity index (χ0) is 23.8. The standard InChI is InChI=1S/C25H29N3O4S/c1-4-28-17(3)22(24(30)32-5-2)23(27-25(28)33)19-12-9-13-20(14-19)26-21(29)16-31-15-18-10-7-6-8-11-18/h6-14,23H,4-5,15-16H2,1-3H3,(H,26,29)(H,27,33). The van der Waals surface area contributed by atoms with Gasteiger partial charge in [0.2, 0.25) is 5.91 Å². The largest absolute Gasteiger partial charge is 0.463 e. The van der Waals surface area contributed by atoms with Gasteiger partial charge in [-0.3, -0.25) is 4.79 Å². The summed E-state index contributed by atoms with van der Waals surface area (Å²) in [6.07, 6.45) is 0. The summed E-state index contributed by atoms with van der Waals surface area (Å²) in [6.45, 7) is 6.81. The molecule has 2 aromatic carbocycles. The number of hydrogen-bond acceptors (Lipinski definition) is 5. The number of hydrogen-bond donors (Lipinski definition) is 2. The Morgan fingerprint density at radius 3 is 2.58 bits per heavy atom. The van der Waals surface area contributed by atoms with E-state index in [1.807, 2.05) is 67.3 Å². The van der Waals surface area contributed by atoms with E-state index in [-0.39, 0.29) is 19.1 Å². The first-order valence-corrected chi connectivity index (χ1v) is 11.3. The van der Waals surface area contributed by atoms with Crippen LogP contribution in [0.15, 0.2) is 65.9 Å². The summed E-state index contributed by atoms with van der Waals surface area (Å²) < 4.78 is 10.8. The number of anilines is 1. The number of carbonyl (C=O) groups is 2. The molecule has 0 spiro atoms. The van der Waals surface area contributed by atoms with Crippen LogP contribution in [0.4, 0.5) is 5.69 Å². The number of allylic oxidation sites excluding steroid dienone is 1. The third-order valence-corrected chi connectivity index (χ3v) is 5.59. The van der Waals surface area contributed by atoms with Crippen LogP contribution in [0.1, 0.15) is 37.9 Å². The molecular formula is C25H29N3O4S. The number of amides is 1. The molecule has 7 nitrogen and oxygen atoms in total. The lowest BCUT2D eigenvalue weighted by Gasteiger charge is -2.37. The summed E-state index contributed by atoms with van der Waals surface area (Å²) in [5, 5.41) is 6.64. The van der Waals surface area contributed by atoms with Crippen molar-refractivity contribution in [1.29, 1.82) is 0 Å². The third kappa shape index (κ3) is 6.18. The van der Waals surface area contributed by atoms with E-state index in [4.69, 9.17) is 21.7 Å². The van der Waals surface area contributed by atoms with Gasteiger partial charge in [-0.05, 0) is 56.2 Å². The minimum Gasteiger partial charge on any atom is -0.463 e. The minimum absolute atomic E-state index is 0.0660. The number of nitrogens with zero attached hydrogens (tertiary/aromatic N) is 1. The lowest BCUT2D eigenvalue weighted by molar-refractivity contribution is -0.139. The Labute approximate surface area is 199 Å². The molecule has 33 heavy (non-hydrogen) atoms. The Balaban J connectivity index is 1.74. The van der Waals surface area contributed by atoms with Gasteiger partial charge in [-0.25, -0.2) is 4.79 Å². The van der Waals surface area contributed by atoms with Crippen LogP contribution in [0.5, 0.6) is 0 Å². The van der Waals surface area contributed by atoms with Crippen LogP contribution in [0.3, 0.4) is 0 Å². The molecule has 2 N–H and O–H groups in total. The fourth-order valence-electron chi connectivity index (χ4n) is 3.71. The summed E-state index contributed by atoms with van der Waals surface area (Å²) in [6, 6.07) is 16.5. The van der Waals surface area contributed by atoms with E-state index in [2.05, 4.69) is 10.6 Å². The number of benzene rings is 2. The fourth-order valence-corrected chi connectivity index (χ4v) is 4.10. The number of nitrogens with one attached hydrogen (secondary N) is 2. The highest BCUT2D eigenvalue weighted by atomic mass is 32.1. The van der Waals surface area contributed by atoms with Crippen LogP contribution >= 0.6 is 12.2 Å². The molecule has 1 heterocycles. The van der Waals surface area contributed by atoms with Crippen LogP contribution in [0.2, 0.25) is 0 Å². The second kappa shape index (κ2) is 11.6. The van der Waals surface area contributed by atoms with E-state index in [0.717, 1.165) is 16.8 Å². The van der Waals surface area contributed by atoms with E-state index in [9.17, 15) is 9.59 Å². The first kappa shape index (κ1) is 24.4. The molecular weight excluding hydrogens is 438 g/mol. The molecule has 0 saturated carbocycles. The molecule has 1 aliphatic heterocycles. The van der Waals surface area contributed by atoms with E-state index in [1.165, 1.54) is 0 Å². The normalized spacial score (nSPS) is 15.8. The molecule has 0 bridgehead atoms. The number of esters is 1. The van der Waals surface area contributed by atoms with Crippen molar-refractivity contribution in [2.24, 2.45) is 0 Å². The van der Waals surface area contributed by atoms with Crippen LogP contribution < -0.4 is 10.6 Å². The molecule has 0 radical (unpaired) electrons. The smallest absolute Gasteiger partial charge is 0.338 e. The van der Waals surface area contributed by atoms with Crippen molar-refractivity contribution < 1.29 is 19.1 Å². The zero-order valence-electron chi connectivity index (χ0n) is 19.1. The van der Waals surface area contributed by atoms with Gasteiger partial charge < -0.3 is 25.0 Å². The quantitative estimate of drug-likeness (QED) is 0.427. The number of carbonyl (C=O) groups excluding carboxylic acids is 2. The molecule has 174 valence electrons. The predicted octanol–water partition coefficient (Wildman–Crippen LogP) is 3.93. The van der Waals surface area contributed by atoms with Crippen molar-refractivity contribution >= 4 is 34.9 Å². The molecule has 1 atom stereocenters. The van der Waals surface area contributed by atoms with Crippen LogP contribution in [-0.4, -0.2) is 41.6 Å². The molecule has 0 aromatic heterocycles. The highest BCUT2D eigenvalue weighted by Crippen LogP contribution is 2.32. The van der Waals surface area contributed by atoms with Gasteiger partial charge in [-0.2, -0.15) is 0 Å². The van der Waals surface area contributed by atoms with Gasteiger partial charge in [0.15, 0.2) is 5.11 Å². The van der Waals surface area contributed by atoms with E-state index in [0.29, 0.717) is 29.5 Å². The summed E-state index contributed by atoms with van der Waals surface area (Å²) in [4.78, 5) is 27.0. The first-order valence-electron chi connectivity index (χ1n) is 10.9. The number of ether oxygens (including phenoxy) is 2.